The summed E-state index contributed by atoms with van der Waals surface area (Å²) in [4.78, 5) is 11.2. The maximum absolute atomic E-state index is 12.3. The van der Waals surface area contributed by atoms with E-state index in [1.165, 1.54) is 11.2 Å². The van der Waals surface area contributed by atoms with E-state index in [0.29, 0.717) is 0 Å². The predicted molar refractivity (Wildman–Crippen MR) is 70.0 cm³/mol. The number of carboxylic acid groups (broad SMARTS) is 1. The molecule has 0 aromatic carbocycles. The summed E-state index contributed by atoms with van der Waals surface area (Å²) < 4.78 is 33.5. The van der Waals surface area contributed by atoms with E-state index in [1.807, 2.05) is 0 Å². The van der Waals surface area contributed by atoms with Crippen LogP contribution in [0.2, 0.25) is 0 Å². The zero-order valence-corrected chi connectivity index (χ0v) is 12.5. The highest BCUT2D eigenvalue weighted by Crippen LogP contribution is 2.17. The zero-order valence-electron chi connectivity index (χ0n) is 11.7. The van der Waals surface area contributed by atoms with Crippen LogP contribution in [0.5, 0.6) is 0 Å². The molecule has 1 fully saturated rings. The first-order valence-corrected chi connectivity index (χ1v) is 7.72. The van der Waals surface area contributed by atoms with Gasteiger partial charge in [0.05, 0.1) is 12.2 Å². The van der Waals surface area contributed by atoms with Crippen LogP contribution in [0.4, 0.5) is 0 Å². The van der Waals surface area contributed by atoms with Crippen molar-refractivity contribution in [1.29, 1.82) is 0 Å². The molecule has 3 atom stereocenters. The van der Waals surface area contributed by atoms with Crippen molar-refractivity contribution in [2.45, 2.75) is 51.9 Å². The molecule has 7 nitrogen and oxygen atoms in total. The van der Waals surface area contributed by atoms with Gasteiger partial charge in [-0.3, -0.25) is 4.79 Å². The van der Waals surface area contributed by atoms with Crippen molar-refractivity contribution in [2.24, 2.45) is 0 Å². The molecule has 0 bridgehead atoms. The molecule has 19 heavy (non-hydrogen) atoms. The first-order valence-electron chi connectivity index (χ1n) is 6.28. The lowest BCUT2D eigenvalue weighted by atomic mass is 10.0. The molecule has 112 valence electrons. The normalized spacial score (nSPS) is 28.8. The number of nitrogens with zero attached hydrogens (tertiary/aromatic N) is 1. The Hall–Kier alpha value is -0.700. The molecule has 1 aliphatic rings. The SMILES string of the molecule is CCC(C)(NS(=O)(=O)N1CC(C)OC(C)C1)C(=O)O. The third-order valence-electron chi connectivity index (χ3n) is 3.26. The average molecular weight is 294 g/mol. The van der Waals surface area contributed by atoms with E-state index in [-0.39, 0.29) is 31.7 Å². The van der Waals surface area contributed by atoms with Crippen molar-refractivity contribution in [1.82, 2.24) is 9.03 Å². The third-order valence-corrected chi connectivity index (χ3v) is 4.95. The Labute approximate surface area is 114 Å². The van der Waals surface area contributed by atoms with Crippen LogP contribution in [0.15, 0.2) is 0 Å². The monoisotopic (exact) mass is 294 g/mol. The molecule has 0 amide bonds. The Kier molecular flexibility index (Phi) is 4.94. The van der Waals surface area contributed by atoms with Crippen molar-refractivity contribution in [3.8, 4) is 0 Å². The summed E-state index contributed by atoms with van der Waals surface area (Å²) in [5, 5.41) is 9.13. The first-order chi connectivity index (χ1) is 8.60. The van der Waals surface area contributed by atoms with Gasteiger partial charge in [-0.15, -0.1) is 0 Å². The summed E-state index contributed by atoms with van der Waals surface area (Å²) in [5.41, 5.74) is -1.50. The number of nitrogens with one attached hydrogen (secondary N) is 1. The van der Waals surface area contributed by atoms with Crippen LogP contribution in [0.25, 0.3) is 0 Å². The van der Waals surface area contributed by atoms with Crippen molar-refractivity contribution in [3.63, 3.8) is 0 Å². The highest BCUT2D eigenvalue weighted by molar-refractivity contribution is 7.87. The van der Waals surface area contributed by atoms with Gasteiger partial charge in [0, 0.05) is 13.1 Å². The van der Waals surface area contributed by atoms with Gasteiger partial charge in [-0.25, -0.2) is 0 Å². The first kappa shape index (κ1) is 16.4. The Morgan fingerprint density at radius 3 is 2.26 bits per heavy atom. The second-order valence-corrected chi connectivity index (χ2v) is 6.84. The number of ether oxygens (including phenoxy) is 1. The van der Waals surface area contributed by atoms with Crippen LogP contribution in [-0.2, 0) is 19.7 Å². The molecule has 0 saturated carbocycles. The number of aliphatic carboxylic acids is 1. The van der Waals surface area contributed by atoms with Crippen LogP contribution < -0.4 is 4.72 Å². The van der Waals surface area contributed by atoms with Gasteiger partial charge in [-0.2, -0.15) is 17.4 Å². The van der Waals surface area contributed by atoms with E-state index < -0.39 is 21.7 Å². The number of carbonyl (C=O) groups is 1. The van der Waals surface area contributed by atoms with Gasteiger partial charge in [0.15, 0.2) is 0 Å². The van der Waals surface area contributed by atoms with Crippen molar-refractivity contribution >= 4 is 16.2 Å². The molecule has 1 rings (SSSR count). The molecule has 2 N–H and O–H groups in total. The maximum Gasteiger partial charge on any atom is 0.324 e. The molecule has 0 aromatic rings. The zero-order chi connectivity index (χ0) is 14.8. The fraction of sp³-hybridized carbons (Fsp3) is 0.909. The topological polar surface area (TPSA) is 95.9 Å². The van der Waals surface area contributed by atoms with Gasteiger partial charge < -0.3 is 9.84 Å². The summed E-state index contributed by atoms with van der Waals surface area (Å²) in [6.45, 7) is 7.00. The summed E-state index contributed by atoms with van der Waals surface area (Å²) in [5.74, 6) is -1.19. The number of hydrogen-bond acceptors (Lipinski definition) is 4. The van der Waals surface area contributed by atoms with Gasteiger partial charge in [0.25, 0.3) is 10.2 Å². The lowest BCUT2D eigenvalue weighted by Crippen LogP contribution is -2.59. The highest BCUT2D eigenvalue weighted by atomic mass is 32.2. The van der Waals surface area contributed by atoms with Gasteiger partial charge >= 0.3 is 5.97 Å². The van der Waals surface area contributed by atoms with Crippen molar-refractivity contribution in [3.05, 3.63) is 0 Å². The Morgan fingerprint density at radius 2 is 1.89 bits per heavy atom. The van der Waals surface area contributed by atoms with Crippen LogP contribution in [0, 0.1) is 0 Å². The Bertz CT molecular complexity index is 428. The fourth-order valence-electron chi connectivity index (χ4n) is 1.94. The molecule has 3 unspecified atom stereocenters. The van der Waals surface area contributed by atoms with E-state index in [4.69, 9.17) is 9.84 Å². The number of rotatable bonds is 5. The Balaban J connectivity index is 2.89. The second kappa shape index (κ2) is 5.74. The number of carboxylic acids is 1. The number of hydrogen-bond donors (Lipinski definition) is 2. The van der Waals surface area contributed by atoms with Gasteiger partial charge in [0.2, 0.25) is 0 Å². The van der Waals surface area contributed by atoms with Crippen LogP contribution in [0.3, 0.4) is 0 Å². The van der Waals surface area contributed by atoms with E-state index in [1.54, 1.807) is 20.8 Å². The molecule has 0 aromatic heterocycles. The standard InChI is InChI=1S/C11H22N2O5S/c1-5-11(4,10(14)15)12-19(16,17)13-6-8(2)18-9(3)7-13/h8-9,12H,5-7H2,1-4H3,(H,14,15). The third kappa shape index (κ3) is 3.88. The molecule has 8 heteroatoms. The predicted octanol–water partition coefficient (Wildman–Crippen LogP) is 0.183. The lowest BCUT2D eigenvalue weighted by molar-refractivity contribution is -0.143. The molecule has 1 heterocycles. The summed E-state index contributed by atoms with van der Waals surface area (Å²) in [6, 6.07) is 0. The van der Waals surface area contributed by atoms with Gasteiger partial charge in [0.1, 0.15) is 5.54 Å². The molecular formula is C11H22N2O5S. The molecule has 0 spiro atoms. The van der Waals surface area contributed by atoms with E-state index >= 15 is 0 Å². The maximum atomic E-state index is 12.3. The van der Waals surface area contributed by atoms with E-state index in [9.17, 15) is 13.2 Å². The summed E-state index contributed by atoms with van der Waals surface area (Å²) in [7, 11) is -3.84. The second-order valence-electron chi connectivity index (χ2n) is 5.17. The number of morpholine rings is 1. The largest absolute Gasteiger partial charge is 0.480 e. The molecule has 0 aliphatic carbocycles. The fourth-order valence-corrected chi connectivity index (χ4v) is 3.69. The highest BCUT2D eigenvalue weighted by Gasteiger charge is 2.39. The molecule has 1 aliphatic heterocycles. The molecular weight excluding hydrogens is 272 g/mol. The van der Waals surface area contributed by atoms with E-state index in [2.05, 4.69) is 4.72 Å². The molecule has 0 radical (unpaired) electrons. The minimum absolute atomic E-state index is 0.164. The Morgan fingerprint density at radius 1 is 1.42 bits per heavy atom. The van der Waals surface area contributed by atoms with Gasteiger partial charge in [-0.05, 0) is 27.2 Å². The van der Waals surface area contributed by atoms with E-state index in [0.717, 1.165) is 0 Å². The van der Waals surface area contributed by atoms with Crippen LogP contribution >= 0.6 is 0 Å². The molecule has 1 saturated heterocycles. The lowest BCUT2D eigenvalue weighted by Gasteiger charge is -2.36. The minimum atomic E-state index is -3.84. The quantitative estimate of drug-likeness (QED) is 0.754. The van der Waals surface area contributed by atoms with Gasteiger partial charge in [-0.1, -0.05) is 6.92 Å². The van der Waals surface area contributed by atoms with Crippen LogP contribution in [0.1, 0.15) is 34.1 Å². The minimum Gasteiger partial charge on any atom is -0.480 e. The summed E-state index contributed by atoms with van der Waals surface area (Å²) >= 11 is 0. The average Bonchev–Trinajstić information content (AvgIpc) is 2.26. The van der Waals surface area contributed by atoms with Crippen molar-refractivity contribution in [2.75, 3.05) is 13.1 Å². The van der Waals surface area contributed by atoms with Crippen molar-refractivity contribution < 1.29 is 23.1 Å². The summed E-state index contributed by atoms with van der Waals surface area (Å²) in [6.07, 6.45) is -0.257. The smallest absolute Gasteiger partial charge is 0.324 e. The van der Waals surface area contributed by atoms with Crippen LogP contribution in [-0.4, -0.2) is 54.6 Å².